The standard InChI is InChI=1S/C25H28N6OS2/c1-18-14-19(16-26-30-24(33-2)28-21-10-6-4-7-11-21)23(32)20(15-18)17-27-31-25(34-3)29-22-12-8-5-9-13-22/h4-17,24,28,30,32H,1-3H3,(H,29,31). The summed E-state index contributed by atoms with van der Waals surface area (Å²) in [6.07, 6.45) is 7.09. The average Bonchev–Trinajstić information content (AvgIpc) is 2.86. The molecule has 0 radical (unpaired) electrons. The number of hydrogen-bond donors (Lipinski definition) is 4. The molecule has 0 spiro atoms. The summed E-state index contributed by atoms with van der Waals surface area (Å²) in [5.74, 6) is 0.101. The Kier molecular flexibility index (Phi) is 9.87. The van der Waals surface area contributed by atoms with Crippen molar-refractivity contribution >= 4 is 52.5 Å². The van der Waals surface area contributed by atoms with Crippen LogP contribution >= 0.6 is 23.5 Å². The van der Waals surface area contributed by atoms with E-state index in [1.54, 1.807) is 24.2 Å². The lowest BCUT2D eigenvalue weighted by Gasteiger charge is -2.17. The summed E-state index contributed by atoms with van der Waals surface area (Å²) >= 11 is 3.04. The Morgan fingerprint density at radius 3 is 2.15 bits per heavy atom. The molecule has 0 amide bonds. The molecule has 3 rings (SSSR count). The zero-order chi connectivity index (χ0) is 24.2. The Bertz CT molecular complexity index is 1140. The molecule has 4 N–H and O–H groups in total. The van der Waals surface area contributed by atoms with Crippen molar-refractivity contribution in [1.82, 2.24) is 10.9 Å². The molecule has 0 fully saturated rings. The minimum absolute atomic E-state index is 0.101. The third kappa shape index (κ3) is 7.86. The quantitative estimate of drug-likeness (QED) is 0.139. The van der Waals surface area contributed by atoms with Crippen molar-refractivity contribution in [3.8, 4) is 5.75 Å². The zero-order valence-corrected chi connectivity index (χ0v) is 20.9. The van der Waals surface area contributed by atoms with Gasteiger partial charge in [0, 0.05) is 16.8 Å². The Hall–Kier alpha value is -3.43. The first-order chi connectivity index (χ1) is 16.6. The number of thioether (sulfide) groups is 2. The fourth-order valence-corrected chi connectivity index (χ4v) is 3.69. The van der Waals surface area contributed by atoms with E-state index < -0.39 is 0 Å². The number of aromatic hydroxyl groups is 1. The number of nitrogens with zero attached hydrogens (tertiary/aromatic N) is 3. The highest BCUT2D eigenvalue weighted by molar-refractivity contribution is 8.13. The van der Waals surface area contributed by atoms with E-state index in [9.17, 15) is 5.11 Å². The van der Waals surface area contributed by atoms with Gasteiger partial charge in [0.25, 0.3) is 0 Å². The van der Waals surface area contributed by atoms with Crippen LogP contribution in [0.25, 0.3) is 0 Å². The molecule has 1 atom stereocenters. The summed E-state index contributed by atoms with van der Waals surface area (Å²) < 4.78 is 0. The van der Waals surface area contributed by atoms with Gasteiger partial charge in [-0.15, -0.1) is 11.8 Å². The smallest absolute Gasteiger partial charge is 0.182 e. The minimum Gasteiger partial charge on any atom is -0.507 e. The van der Waals surface area contributed by atoms with E-state index in [0.717, 1.165) is 16.9 Å². The number of hydrazone groups is 2. The predicted octanol–water partition coefficient (Wildman–Crippen LogP) is 5.36. The number of phenolic OH excluding ortho intramolecular Hbond substituents is 1. The molecular weight excluding hydrogens is 464 g/mol. The van der Waals surface area contributed by atoms with Crippen LogP contribution in [-0.4, -0.2) is 40.7 Å². The highest BCUT2D eigenvalue weighted by Gasteiger charge is 2.07. The molecule has 7 nitrogen and oxygen atoms in total. The largest absolute Gasteiger partial charge is 0.507 e. The molecular formula is C25H28N6OS2. The third-order valence-electron chi connectivity index (χ3n) is 4.56. The van der Waals surface area contributed by atoms with Gasteiger partial charge in [-0.25, -0.2) is 4.99 Å². The van der Waals surface area contributed by atoms with Gasteiger partial charge in [0.05, 0.1) is 18.1 Å². The van der Waals surface area contributed by atoms with Gasteiger partial charge in [0.1, 0.15) is 5.75 Å². The number of phenols is 1. The van der Waals surface area contributed by atoms with Crippen LogP contribution in [0.1, 0.15) is 16.7 Å². The summed E-state index contributed by atoms with van der Waals surface area (Å²) in [5, 5.41) is 23.3. The first-order valence-electron chi connectivity index (χ1n) is 10.5. The Balaban J connectivity index is 1.67. The molecule has 0 aliphatic rings. The number of benzene rings is 3. The van der Waals surface area contributed by atoms with Crippen molar-refractivity contribution in [2.45, 2.75) is 12.4 Å². The number of anilines is 1. The first-order valence-corrected chi connectivity index (χ1v) is 13.0. The van der Waals surface area contributed by atoms with Gasteiger partial charge in [-0.1, -0.05) is 48.2 Å². The van der Waals surface area contributed by atoms with Gasteiger partial charge in [-0.2, -0.15) is 10.2 Å². The van der Waals surface area contributed by atoms with Crippen molar-refractivity contribution in [2.24, 2.45) is 15.2 Å². The van der Waals surface area contributed by atoms with E-state index in [1.165, 1.54) is 11.8 Å². The van der Waals surface area contributed by atoms with Crippen molar-refractivity contribution in [3.05, 3.63) is 89.5 Å². The van der Waals surface area contributed by atoms with E-state index in [1.807, 2.05) is 92.2 Å². The molecule has 0 bridgehead atoms. The van der Waals surface area contributed by atoms with Crippen LogP contribution in [0.4, 0.5) is 11.4 Å². The van der Waals surface area contributed by atoms with Crippen LogP contribution in [0.15, 0.2) is 88.0 Å². The summed E-state index contributed by atoms with van der Waals surface area (Å²) in [6, 6.07) is 23.3. The van der Waals surface area contributed by atoms with E-state index in [-0.39, 0.29) is 11.2 Å². The van der Waals surface area contributed by atoms with Crippen LogP contribution in [-0.2, 0) is 0 Å². The molecule has 1 unspecified atom stereocenters. The SMILES string of the molecule is CSC(=Nc1ccccc1)NN=Cc1cc(C)cc(C=NNC(Nc2ccccc2)SC)c1O. The fraction of sp³-hybridized carbons (Fsp3) is 0.160. The van der Waals surface area contributed by atoms with E-state index >= 15 is 0 Å². The van der Waals surface area contributed by atoms with Crippen molar-refractivity contribution in [3.63, 3.8) is 0 Å². The molecule has 0 saturated carbocycles. The second kappa shape index (κ2) is 13.3. The highest BCUT2D eigenvalue weighted by atomic mass is 32.2. The number of para-hydroxylation sites is 2. The summed E-state index contributed by atoms with van der Waals surface area (Å²) in [4.78, 5) is 4.52. The Labute approximate surface area is 208 Å². The van der Waals surface area contributed by atoms with Gasteiger partial charge in [-0.05, 0) is 61.4 Å². The van der Waals surface area contributed by atoms with Gasteiger partial charge >= 0.3 is 0 Å². The topological polar surface area (TPSA) is 93.4 Å². The monoisotopic (exact) mass is 492 g/mol. The molecule has 0 aliphatic carbocycles. The maximum atomic E-state index is 10.7. The van der Waals surface area contributed by atoms with Crippen LogP contribution in [0.5, 0.6) is 5.75 Å². The lowest BCUT2D eigenvalue weighted by molar-refractivity contribution is 0.473. The van der Waals surface area contributed by atoms with Gasteiger partial charge in [0.2, 0.25) is 0 Å². The number of rotatable bonds is 9. The molecule has 0 saturated heterocycles. The Morgan fingerprint density at radius 1 is 0.912 bits per heavy atom. The Morgan fingerprint density at radius 2 is 1.53 bits per heavy atom. The third-order valence-corrected chi connectivity index (χ3v) is 5.82. The van der Waals surface area contributed by atoms with E-state index in [0.29, 0.717) is 16.3 Å². The molecule has 3 aromatic carbocycles. The summed E-state index contributed by atoms with van der Waals surface area (Å²) in [5.41, 5.74) is 9.87. The maximum absolute atomic E-state index is 10.7. The van der Waals surface area contributed by atoms with Gasteiger partial charge < -0.3 is 10.4 Å². The van der Waals surface area contributed by atoms with E-state index in [2.05, 4.69) is 31.4 Å². The fourth-order valence-electron chi connectivity index (χ4n) is 2.93. The molecule has 0 heterocycles. The van der Waals surface area contributed by atoms with E-state index in [4.69, 9.17) is 0 Å². The summed E-state index contributed by atoms with van der Waals surface area (Å²) in [6.45, 7) is 1.96. The summed E-state index contributed by atoms with van der Waals surface area (Å²) in [7, 11) is 0. The van der Waals surface area contributed by atoms with Crippen molar-refractivity contribution in [1.29, 1.82) is 0 Å². The van der Waals surface area contributed by atoms with Gasteiger partial charge in [0.15, 0.2) is 10.7 Å². The van der Waals surface area contributed by atoms with Crippen molar-refractivity contribution in [2.75, 3.05) is 17.8 Å². The number of aliphatic imine (C=N–C) groups is 1. The molecule has 3 aromatic rings. The highest BCUT2D eigenvalue weighted by Crippen LogP contribution is 2.22. The van der Waals surface area contributed by atoms with Crippen LogP contribution in [0.3, 0.4) is 0 Å². The molecule has 176 valence electrons. The number of amidine groups is 1. The van der Waals surface area contributed by atoms with Crippen molar-refractivity contribution < 1.29 is 5.11 Å². The molecule has 0 aromatic heterocycles. The van der Waals surface area contributed by atoms with Crippen LogP contribution in [0, 0.1) is 6.92 Å². The molecule has 34 heavy (non-hydrogen) atoms. The molecule has 0 aliphatic heterocycles. The second-order valence-electron chi connectivity index (χ2n) is 7.13. The number of aryl methyl sites for hydroxylation is 1. The number of hydrogen-bond acceptors (Lipinski definition) is 8. The lowest BCUT2D eigenvalue weighted by Crippen LogP contribution is -2.29. The van der Waals surface area contributed by atoms with Gasteiger partial charge in [-0.3, -0.25) is 10.9 Å². The molecule has 9 heteroatoms. The lowest BCUT2D eigenvalue weighted by atomic mass is 10.1. The number of nitrogens with one attached hydrogen (secondary N) is 3. The second-order valence-corrected chi connectivity index (χ2v) is 8.87. The zero-order valence-electron chi connectivity index (χ0n) is 19.3. The first kappa shape index (κ1) is 25.2. The van der Waals surface area contributed by atoms with Crippen LogP contribution < -0.4 is 16.2 Å². The maximum Gasteiger partial charge on any atom is 0.182 e. The normalized spacial score (nSPS) is 12.7. The predicted molar refractivity (Wildman–Crippen MR) is 149 cm³/mol. The minimum atomic E-state index is -0.121. The average molecular weight is 493 g/mol. The van der Waals surface area contributed by atoms with Crippen LogP contribution in [0.2, 0.25) is 0 Å².